The fraction of sp³-hybridized carbons (Fsp3) is 0.462. The molecule has 1 N–H and O–H groups in total. The van der Waals surface area contributed by atoms with Crippen molar-refractivity contribution in [1.29, 1.82) is 0 Å². The summed E-state index contributed by atoms with van der Waals surface area (Å²) in [6, 6.07) is 6.22. The molecule has 0 radical (unpaired) electrons. The van der Waals surface area contributed by atoms with Gasteiger partial charge in [-0.1, -0.05) is 28.9 Å². The van der Waals surface area contributed by atoms with Crippen LogP contribution in [0.25, 0.3) is 0 Å². The average Bonchev–Trinajstić information content (AvgIpc) is 2.98. The Morgan fingerprint density at radius 1 is 1.50 bits per heavy atom. The Morgan fingerprint density at radius 3 is 2.69 bits per heavy atom. The highest BCUT2D eigenvalue weighted by molar-refractivity contribution is 9.10. The van der Waals surface area contributed by atoms with E-state index in [0.717, 1.165) is 23.7 Å². The second-order valence-corrected chi connectivity index (χ2v) is 5.42. The van der Waals surface area contributed by atoms with Crippen LogP contribution in [0.2, 0.25) is 0 Å². The predicted octanol–water partition coefficient (Wildman–Crippen LogP) is 3.52. The molecule has 0 saturated heterocycles. The first-order chi connectivity index (χ1) is 7.57. The highest BCUT2D eigenvalue weighted by atomic mass is 79.9. The normalized spacial score (nSPS) is 17.1. The summed E-state index contributed by atoms with van der Waals surface area (Å²) in [5, 5.41) is 8.97. The molecule has 0 atom stereocenters. The number of halogens is 1. The Morgan fingerprint density at radius 2 is 2.19 bits per heavy atom. The number of aliphatic carboxylic acids is 1. The van der Waals surface area contributed by atoms with Gasteiger partial charge < -0.3 is 5.11 Å². The molecule has 1 saturated carbocycles. The number of hydrogen-bond acceptors (Lipinski definition) is 1. The van der Waals surface area contributed by atoms with Gasteiger partial charge in [-0.3, -0.25) is 4.79 Å². The van der Waals surface area contributed by atoms with E-state index in [2.05, 4.69) is 35.0 Å². The van der Waals surface area contributed by atoms with Crippen molar-refractivity contribution in [3.63, 3.8) is 0 Å². The van der Waals surface area contributed by atoms with Gasteiger partial charge in [-0.15, -0.1) is 0 Å². The molecule has 1 fully saturated rings. The van der Waals surface area contributed by atoms with E-state index < -0.39 is 5.97 Å². The summed E-state index contributed by atoms with van der Waals surface area (Å²) in [4.78, 5) is 10.9. The average molecular weight is 283 g/mol. The van der Waals surface area contributed by atoms with E-state index in [4.69, 9.17) is 5.11 Å². The second kappa shape index (κ2) is 4.21. The summed E-state index contributed by atoms with van der Waals surface area (Å²) in [7, 11) is 0. The zero-order valence-electron chi connectivity index (χ0n) is 9.29. The number of hydrogen-bond donors (Lipinski definition) is 1. The maximum Gasteiger partial charge on any atom is 0.304 e. The Balaban J connectivity index is 2.38. The zero-order valence-corrected chi connectivity index (χ0v) is 10.9. The Labute approximate surface area is 104 Å². The number of rotatable bonds is 4. The van der Waals surface area contributed by atoms with Crippen LogP contribution in [0.15, 0.2) is 22.7 Å². The Hall–Kier alpha value is -0.830. The van der Waals surface area contributed by atoms with E-state index in [1.165, 1.54) is 11.1 Å². The largest absolute Gasteiger partial charge is 0.481 e. The third-order valence-electron chi connectivity index (χ3n) is 3.37. The lowest BCUT2D eigenvalue weighted by Gasteiger charge is -2.17. The van der Waals surface area contributed by atoms with Crippen LogP contribution in [-0.2, 0) is 16.6 Å². The van der Waals surface area contributed by atoms with E-state index in [-0.39, 0.29) is 11.8 Å². The molecular formula is C13H15BrO2. The van der Waals surface area contributed by atoms with E-state index in [1.54, 1.807) is 0 Å². The molecule has 86 valence electrons. The lowest BCUT2D eigenvalue weighted by atomic mass is 9.88. The van der Waals surface area contributed by atoms with Gasteiger partial charge in [0.25, 0.3) is 0 Å². The number of carbonyl (C=O) groups is 1. The van der Waals surface area contributed by atoms with Gasteiger partial charge in [0.1, 0.15) is 0 Å². The van der Waals surface area contributed by atoms with E-state index >= 15 is 0 Å². The van der Waals surface area contributed by atoms with Gasteiger partial charge in [0.15, 0.2) is 0 Å². The van der Waals surface area contributed by atoms with Gasteiger partial charge in [0, 0.05) is 9.89 Å². The minimum absolute atomic E-state index is 0.0824. The number of benzene rings is 1. The van der Waals surface area contributed by atoms with Crippen LogP contribution in [-0.4, -0.2) is 11.1 Å². The first kappa shape index (κ1) is 11.6. The predicted molar refractivity (Wildman–Crippen MR) is 66.7 cm³/mol. The molecule has 3 heteroatoms. The van der Waals surface area contributed by atoms with Gasteiger partial charge in [-0.2, -0.15) is 0 Å². The Kier molecular flexibility index (Phi) is 3.06. The number of carboxylic acid groups (broad SMARTS) is 1. The first-order valence-electron chi connectivity index (χ1n) is 5.58. The van der Waals surface area contributed by atoms with Crippen molar-refractivity contribution < 1.29 is 9.90 Å². The number of aryl methyl sites for hydroxylation is 1. The summed E-state index contributed by atoms with van der Waals surface area (Å²) in [6.45, 7) is 2.11. The zero-order chi connectivity index (χ0) is 11.8. The van der Waals surface area contributed by atoms with Gasteiger partial charge >= 0.3 is 5.97 Å². The number of carboxylic acids is 1. The molecule has 0 unspecified atom stereocenters. The van der Waals surface area contributed by atoms with Crippen LogP contribution in [0.1, 0.15) is 37.3 Å². The summed E-state index contributed by atoms with van der Waals surface area (Å²) in [5.74, 6) is -0.695. The van der Waals surface area contributed by atoms with Gasteiger partial charge in [0.2, 0.25) is 0 Å². The molecule has 1 aliphatic carbocycles. The molecule has 0 aliphatic heterocycles. The molecule has 0 bridgehead atoms. The van der Waals surface area contributed by atoms with E-state index in [9.17, 15) is 4.79 Å². The summed E-state index contributed by atoms with van der Waals surface area (Å²) in [6.07, 6.45) is 3.23. The third kappa shape index (κ3) is 2.14. The molecule has 16 heavy (non-hydrogen) atoms. The van der Waals surface area contributed by atoms with Gasteiger partial charge in [0.05, 0.1) is 6.42 Å². The fourth-order valence-electron chi connectivity index (χ4n) is 2.33. The standard InChI is InChI=1S/C13H15BrO2/c1-2-9-3-4-10(14)7-11(9)13(5-6-13)8-12(15)16/h3-4,7H,2,5-6,8H2,1H3,(H,15,16). The minimum Gasteiger partial charge on any atom is -0.481 e. The maximum atomic E-state index is 10.9. The molecule has 0 heterocycles. The lowest BCUT2D eigenvalue weighted by molar-refractivity contribution is -0.137. The smallest absolute Gasteiger partial charge is 0.304 e. The molecule has 1 aromatic carbocycles. The van der Waals surface area contributed by atoms with Crippen molar-refractivity contribution in [2.24, 2.45) is 0 Å². The molecule has 2 nitrogen and oxygen atoms in total. The van der Waals surface area contributed by atoms with Crippen LogP contribution in [0.5, 0.6) is 0 Å². The van der Waals surface area contributed by atoms with Crippen LogP contribution in [0.4, 0.5) is 0 Å². The summed E-state index contributed by atoms with van der Waals surface area (Å²) in [5.41, 5.74) is 2.43. The Bertz CT molecular complexity index is 422. The van der Waals surface area contributed by atoms with E-state index in [1.807, 2.05) is 6.07 Å². The van der Waals surface area contributed by atoms with Crippen LogP contribution >= 0.6 is 15.9 Å². The molecule has 2 rings (SSSR count). The van der Waals surface area contributed by atoms with Crippen molar-refractivity contribution in [2.75, 3.05) is 0 Å². The molecule has 0 aromatic heterocycles. The van der Waals surface area contributed by atoms with Crippen LogP contribution < -0.4 is 0 Å². The second-order valence-electron chi connectivity index (χ2n) is 4.51. The fourth-order valence-corrected chi connectivity index (χ4v) is 2.69. The van der Waals surface area contributed by atoms with Crippen molar-refractivity contribution in [3.05, 3.63) is 33.8 Å². The van der Waals surface area contributed by atoms with Crippen molar-refractivity contribution >= 4 is 21.9 Å². The highest BCUT2D eigenvalue weighted by Gasteiger charge is 2.46. The van der Waals surface area contributed by atoms with Crippen molar-refractivity contribution in [2.45, 2.75) is 38.0 Å². The monoisotopic (exact) mass is 282 g/mol. The van der Waals surface area contributed by atoms with Crippen molar-refractivity contribution in [3.8, 4) is 0 Å². The minimum atomic E-state index is -0.695. The molecule has 0 amide bonds. The molecule has 1 aliphatic rings. The molecule has 1 aromatic rings. The quantitative estimate of drug-likeness (QED) is 0.918. The third-order valence-corrected chi connectivity index (χ3v) is 3.86. The van der Waals surface area contributed by atoms with E-state index in [0.29, 0.717) is 0 Å². The topological polar surface area (TPSA) is 37.3 Å². The summed E-state index contributed by atoms with van der Waals surface area (Å²) < 4.78 is 1.04. The maximum absolute atomic E-state index is 10.9. The first-order valence-corrected chi connectivity index (χ1v) is 6.37. The highest BCUT2D eigenvalue weighted by Crippen LogP contribution is 2.52. The molecule has 0 spiro atoms. The SMILES string of the molecule is CCc1ccc(Br)cc1C1(CC(=O)O)CC1. The summed E-state index contributed by atoms with van der Waals surface area (Å²) >= 11 is 3.46. The van der Waals surface area contributed by atoms with Crippen LogP contribution in [0, 0.1) is 0 Å². The van der Waals surface area contributed by atoms with Gasteiger partial charge in [-0.05, 0) is 42.5 Å². The van der Waals surface area contributed by atoms with Gasteiger partial charge in [-0.25, -0.2) is 0 Å². The molecular weight excluding hydrogens is 268 g/mol. The van der Waals surface area contributed by atoms with Crippen LogP contribution in [0.3, 0.4) is 0 Å². The van der Waals surface area contributed by atoms with Crippen molar-refractivity contribution in [1.82, 2.24) is 0 Å². The lowest BCUT2D eigenvalue weighted by Crippen LogP contribution is -2.15.